The standard InChI is InChI=1S/C21H25N5/c1-15-9-21(26-20(22-15)8-16(2)23-26)25-13-18-11-24(12-19(18)14-25)10-17-6-4-3-5-7-17/h3-9,18-19H,10-14H2,1-2H3. The molecule has 2 saturated heterocycles. The lowest BCUT2D eigenvalue weighted by atomic mass is 10.0. The molecule has 134 valence electrons. The Morgan fingerprint density at radius 3 is 2.38 bits per heavy atom. The molecule has 2 atom stereocenters. The van der Waals surface area contributed by atoms with Crippen LogP contribution < -0.4 is 4.90 Å². The van der Waals surface area contributed by atoms with E-state index in [2.05, 4.69) is 69.3 Å². The van der Waals surface area contributed by atoms with Gasteiger partial charge in [0.2, 0.25) is 0 Å². The molecule has 0 spiro atoms. The van der Waals surface area contributed by atoms with Gasteiger partial charge in [0.05, 0.1) is 5.69 Å². The summed E-state index contributed by atoms with van der Waals surface area (Å²) < 4.78 is 2.02. The van der Waals surface area contributed by atoms with Gasteiger partial charge < -0.3 is 4.90 Å². The molecule has 5 heteroatoms. The van der Waals surface area contributed by atoms with Gasteiger partial charge in [0, 0.05) is 50.6 Å². The highest BCUT2D eigenvalue weighted by atomic mass is 15.4. The third kappa shape index (κ3) is 2.76. The minimum absolute atomic E-state index is 0.749. The fourth-order valence-corrected chi connectivity index (χ4v) is 4.67. The van der Waals surface area contributed by atoms with E-state index >= 15 is 0 Å². The van der Waals surface area contributed by atoms with E-state index in [0.29, 0.717) is 0 Å². The van der Waals surface area contributed by atoms with Crippen LogP contribution in [0.4, 0.5) is 5.82 Å². The summed E-state index contributed by atoms with van der Waals surface area (Å²) >= 11 is 0. The number of benzene rings is 1. The van der Waals surface area contributed by atoms with E-state index < -0.39 is 0 Å². The summed E-state index contributed by atoms with van der Waals surface area (Å²) in [4.78, 5) is 9.76. The number of aryl methyl sites for hydroxylation is 2. The molecule has 5 rings (SSSR count). The first kappa shape index (κ1) is 15.8. The van der Waals surface area contributed by atoms with Crippen molar-refractivity contribution in [3.63, 3.8) is 0 Å². The van der Waals surface area contributed by atoms with Crippen LogP contribution in [0, 0.1) is 25.7 Å². The fraction of sp³-hybridized carbons (Fsp3) is 0.429. The average Bonchev–Trinajstić information content (AvgIpc) is 3.27. The normalized spacial score (nSPS) is 23.1. The van der Waals surface area contributed by atoms with Crippen molar-refractivity contribution in [1.82, 2.24) is 19.5 Å². The highest BCUT2D eigenvalue weighted by molar-refractivity contribution is 5.52. The summed E-state index contributed by atoms with van der Waals surface area (Å²) in [6.07, 6.45) is 0. The topological polar surface area (TPSA) is 36.7 Å². The van der Waals surface area contributed by atoms with Gasteiger partial charge in [0.25, 0.3) is 0 Å². The molecule has 1 aromatic carbocycles. The maximum atomic E-state index is 4.67. The summed E-state index contributed by atoms with van der Waals surface area (Å²) in [7, 11) is 0. The average molecular weight is 347 g/mol. The Labute approximate surface area is 154 Å². The maximum absolute atomic E-state index is 4.67. The van der Waals surface area contributed by atoms with E-state index in [-0.39, 0.29) is 0 Å². The van der Waals surface area contributed by atoms with Gasteiger partial charge in [-0.25, -0.2) is 4.98 Å². The first-order chi connectivity index (χ1) is 12.7. The van der Waals surface area contributed by atoms with Crippen molar-refractivity contribution in [1.29, 1.82) is 0 Å². The number of nitrogens with zero attached hydrogens (tertiary/aromatic N) is 5. The Hall–Kier alpha value is -2.40. The third-order valence-electron chi connectivity index (χ3n) is 5.79. The summed E-state index contributed by atoms with van der Waals surface area (Å²) in [5.41, 5.74) is 4.47. The largest absolute Gasteiger partial charge is 0.356 e. The lowest BCUT2D eigenvalue weighted by Gasteiger charge is -2.23. The quantitative estimate of drug-likeness (QED) is 0.730. The van der Waals surface area contributed by atoms with Gasteiger partial charge in [-0.1, -0.05) is 30.3 Å². The van der Waals surface area contributed by atoms with Crippen molar-refractivity contribution in [3.05, 3.63) is 59.4 Å². The van der Waals surface area contributed by atoms with Crippen molar-refractivity contribution >= 4 is 11.5 Å². The molecule has 26 heavy (non-hydrogen) atoms. The Morgan fingerprint density at radius 2 is 1.65 bits per heavy atom. The molecule has 2 aliphatic heterocycles. The zero-order valence-corrected chi connectivity index (χ0v) is 15.5. The van der Waals surface area contributed by atoms with Crippen molar-refractivity contribution in [2.45, 2.75) is 20.4 Å². The second kappa shape index (κ2) is 6.09. The van der Waals surface area contributed by atoms with Crippen LogP contribution in [-0.4, -0.2) is 45.7 Å². The van der Waals surface area contributed by atoms with E-state index in [1.807, 2.05) is 11.4 Å². The fourth-order valence-electron chi connectivity index (χ4n) is 4.67. The smallest absolute Gasteiger partial charge is 0.157 e. The van der Waals surface area contributed by atoms with Gasteiger partial charge in [0.1, 0.15) is 5.82 Å². The molecule has 0 saturated carbocycles. The van der Waals surface area contributed by atoms with Crippen molar-refractivity contribution in [2.24, 2.45) is 11.8 Å². The molecule has 4 heterocycles. The zero-order valence-electron chi connectivity index (χ0n) is 15.5. The number of fused-ring (bicyclic) bond motifs is 2. The van der Waals surface area contributed by atoms with Crippen LogP contribution in [-0.2, 0) is 6.54 Å². The van der Waals surface area contributed by atoms with Crippen molar-refractivity contribution < 1.29 is 0 Å². The van der Waals surface area contributed by atoms with Crippen LogP contribution in [0.15, 0.2) is 42.5 Å². The van der Waals surface area contributed by atoms with E-state index in [0.717, 1.165) is 48.5 Å². The van der Waals surface area contributed by atoms with E-state index in [1.165, 1.54) is 24.5 Å². The molecule has 5 nitrogen and oxygen atoms in total. The minimum atomic E-state index is 0.749. The summed E-state index contributed by atoms with van der Waals surface area (Å²) in [6, 6.07) is 15.1. The predicted octanol–water partition coefficient (Wildman–Crippen LogP) is 2.91. The third-order valence-corrected chi connectivity index (χ3v) is 5.79. The molecule has 0 aliphatic carbocycles. The molecule has 0 radical (unpaired) electrons. The van der Waals surface area contributed by atoms with E-state index in [1.54, 1.807) is 0 Å². The van der Waals surface area contributed by atoms with Crippen molar-refractivity contribution in [3.8, 4) is 0 Å². The molecule has 3 aromatic rings. The molecule has 0 N–H and O–H groups in total. The first-order valence-electron chi connectivity index (χ1n) is 9.51. The van der Waals surface area contributed by atoms with Gasteiger partial charge >= 0.3 is 0 Å². The molecule has 2 aliphatic rings. The highest BCUT2D eigenvalue weighted by Gasteiger charge is 2.40. The minimum Gasteiger partial charge on any atom is -0.356 e. The molecule has 2 fully saturated rings. The molecular formula is C21H25N5. The van der Waals surface area contributed by atoms with Crippen LogP contribution in [0.1, 0.15) is 17.0 Å². The van der Waals surface area contributed by atoms with Gasteiger partial charge in [-0.3, -0.25) is 4.90 Å². The summed E-state index contributed by atoms with van der Waals surface area (Å²) in [5.74, 6) is 2.70. The summed E-state index contributed by atoms with van der Waals surface area (Å²) in [5, 5.41) is 4.67. The SMILES string of the molecule is Cc1cc(N2CC3CN(Cc4ccccc4)CC3C2)n2nc(C)cc2n1. The number of aromatic nitrogens is 3. The lowest BCUT2D eigenvalue weighted by Crippen LogP contribution is -2.29. The first-order valence-corrected chi connectivity index (χ1v) is 9.51. The predicted molar refractivity (Wildman–Crippen MR) is 103 cm³/mol. The Morgan fingerprint density at radius 1 is 0.923 bits per heavy atom. The van der Waals surface area contributed by atoms with Gasteiger partial charge in [0.15, 0.2) is 5.65 Å². The number of anilines is 1. The van der Waals surface area contributed by atoms with Crippen LogP contribution >= 0.6 is 0 Å². The highest BCUT2D eigenvalue weighted by Crippen LogP contribution is 2.34. The second-order valence-electron chi connectivity index (χ2n) is 7.92. The van der Waals surface area contributed by atoms with E-state index in [9.17, 15) is 0 Å². The van der Waals surface area contributed by atoms with Crippen LogP contribution in [0.25, 0.3) is 5.65 Å². The molecule has 2 aromatic heterocycles. The number of hydrogen-bond acceptors (Lipinski definition) is 4. The molecule has 0 amide bonds. The Bertz CT molecular complexity index is 918. The van der Waals surface area contributed by atoms with Gasteiger partial charge in [-0.05, 0) is 31.2 Å². The number of hydrogen-bond donors (Lipinski definition) is 0. The molecule has 2 unspecified atom stereocenters. The van der Waals surface area contributed by atoms with E-state index in [4.69, 9.17) is 0 Å². The Balaban J connectivity index is 1.33. The zero-order chi connectivity index (χ0) is 17.7. The molecular weight excluding hydrogens is 322 g/mol. The Kier molecular flexibility index (Phi) is 3.71. The lowest BCUT2D eigenvalue weighted by molar-refractivity contribution is 0.308. The molecule has 0 bridgehead atoms. The van der Waals surface area contributed by atoms with Crippen LogP contribution in [0.5, 0.6) is 0 Å². The number of likely N-dealkylation sites (tertiary alicyclic amines) is 1. The maximum Gasteiger partial charge on any atom is 0.157 e. The van der Waals surface area contributed by atoms with Crippen LogP contribution in [0.3, 0.4) is 0 Å². The van der Waals surface area contributed by atoms with Gasteiger partial charge in [-0.15, -0.1) is 0 Å². The monoisotopic (exact) mass is 347 g/mol. The van der Waals surface area contributed by atoms with Crippen molar-refractivity contribution in [2.75, 3.05) is 31.1 Å². The number of rotatable bonds is 3. The summed E-state index contributed by atoms with van der Waals surface area (Å²) in [6.45, 7) is 9.81. The second-order valence-corrected chi connectivity index (χ2v) is 7.92. The van der Waals surface area contributed by atoms with Crippen LogP contribution in [0.2, 0.25) is 0 Å². The van der Waals surface area contributed by atoms with Gasteiger partial charge in [-0.2, -0.15) is 9.61 Å².